The molecule has 1 N–H and O–H groups in total. The first-order valence-corrected chi connectivity index (χ1v) is 5.42. The van der Waals surface area contributed by atoms with E-state index in [1.54, 1.807) is 6.33 Å². The SMILES string of the molecule is CC(C)(O)[C@@H]1c2ccccc2-c2cncn21. The van der Waals surface area contributed by atoms with Crippen molar-refractivity contribution in [2.75, 3.05) is 0 Å². The lowest BCUT2D eigenvalue weighted by molar-refractivity contribution is 0.0418. The van der Waals surface area contributed by atoms with Crippen LogP contribution in [0.4, 0.5) is 0 Å². The summed E-state index contributed by atoms with van der Waals surface area (Å²) in [6, 6.07) is 8.14. The summed E-state index contributed by atoms with van der Waals surface area (Å²) >= 11 is 0. The number of fused-ring (bicyclic) bond motifs is 3. The number of hydrogen-bond donors (Lipinski definition) is 1. The second-order valence-electron chi connectivity index (χ2n) is 4.83. The number of nitrogens with zero attached hydrogens (tertiary/aromatic N) is 2. The molecule has 0 bridgehead atoms. The molecular formula is C13H14N2O. The first kappa shape index (κ1) is 9.60. The van der Waals surface area contributed by atoms with Crippen LogP contribution in [-0.4, -0.2) is 20.3 Å². The van der Waals surface area contributed by atoms with Gasteiger partial charge in [-0.1, -0.05) is 24.3 Å². The van der Waals surface area contributed by atoms with Crippen molar-refractivity contribution in [1.29, 1.82) is 0 Å². The lowest BCUT2D eigenvalue weighted by atomic mass is 9.91. The Hall–Kier alpha value is -1.61. The molecule has 3 nitrogen and oxygen atoms in total. The van der Waals surface area contributed by atoms with Crippen LogP contribution in [-0.2, 0) is 0 Å². The molecule has 0 saturated heterocycles. The lowest BCUT2D eigenvalue weighted by Crippen LogP contribution is -2.31. The topological polar surface area (TPSA) is 38.1 Å². The second-order valence-corrected chi connectivity index (χ2v) is 4.83. The number of hydrogen-bond acceptors (Lipinski definition) is 2. The third-order valence-corrected chi connectivity index (χ3v) is 3.14. The highest BCUT2D eigenvalue weighted by Gasteiger charge is 2.37. The van der Waals surface area contributed by atoms with Gasteiger partial charge in [0, 0.05) is 5.56 Å². The first-order valence-electron chi connectivity index (χ1n) is 5.42. The predicted molar refractivity (Wildman–Crippen MR) is 62.1 cm³/mol. The third-order valence-electron chi connectivity index (χ3n) is 3.14. The van der Waals surface area contributed by atoms with Crippen LogP contribution in [0.2, 0.25) is 0 Å². The molecule has 0 aliphatic carbocycles. The minimum absolute atomic E-state index is 0.0406. The highest BCUT2D eigenvalue weighted by molar-refractivity contribution is 5.69. The average Bonchev–Trinajstić information content (AvgIpc) is 2.73. The van der Waals surface area contributed by atoms with Crippen molar-refractivity contribution in [3.05, 3.63) is 42.4 Å². The van der Waals surface area contributed by atoms with E-state index in [0.717, 1.165) is 5.69 Å². The standard InChI is InChI=1S/C13H14N2O/c1-13(2,16)12-10-6-4-3-5-9(10)11-7-14-8-15(11)12/h3-8,12,16H,1-2H3/t12-/m0/s1. The molecule has 2 heterocycles. The summed E-state index contributed by atoms with van der Waals surface area (Å²) in [5.41, 5.74) is 2.64. The molecule has 16 heavy (non-hydrogen) atoms. The van der Waals surface area contributed by atoms with Crippen LogP contribution in [0, 0.1) is 0 Å². The monoisotopic (exact) mass is 214 g/mol. The zero-order valence-corrected chi connectivity index (χ0v) is 9.38. The Morgan fingerprint density at radius 1 is 1.31 bits per heavy atom. The molecule has 0 unspecified atom stereocenters. The Kier molecular flexibility index (Phi) is 1.77. The molecule has 0 fully saturated rings. The Labute approximate surface area is 94.4 Å². The van der Waals surface area contributed by atoms with Gasteiger partial charge in [0.1, 0.15) is 0 Å². The fourth-order valence-electron chi connectivity index (χ4n) is 2.56. The van der Waals surface area contributed by atoms with Gasteiger partial charge in [-0.25, -0.2) is 4.98 Å². The van der Waals surface area contributed by atoms with Gasteiger partial charge < -0.3 is 9.67 Å². The maximum Gasteiger partial charge on any atom is 0.0957 e. The summed E-state index contributed by atoms with van der Waals surface area (Å²) in [6.45, 7) is 3.67. The summed E-state index contributed by atoms with van der Waals surface area (Å²) in [7, 11) is 0. The molecule has 1 atom stereocenters. The largest absolute Gasteiger partial charge is 0.388 e. The summed E-state index contributed by atoms with van der Waals surface area (Å²) < 4.78 is 2.05. The number of imidazole rings is 1. The Morgan fingerprint density at radius 2 is 2.06 bits per heavy atom. The van der Waals surface area contributed by atoms with Gasteiger partial charge in [0.25, 0.3) is 0 Å². The Balaban J connectivity index is 2.29. The second kappa shape index (κ2) is 2.95. The average molecular weight is 214 g/mol. The van der Waals surface area contributed by atoms with Gasteiger partial charge in [-0.15, -0.1) is 0 Å². The van der Waals surface area contributed by atoms with Gasteiger partial charge >= 0.3 is 0 Å². The van der Waals surface area contributed by atoms with Crippen molar-refractivity contribution >= 4 is 0 Å². The molecule has 82 valence electrons. The van der Waals surface area contributed by atoms with Gasteiger partial charge in [0.15, 0.2) is 0 Å². The summed E-state index contributed by atoms with van der Waals surface area (Å²) in [4.78, 5) is 4.16. The molecule has 0 saturated carbocycles. The Bertz CT molecular complexity index is 537. The summed E-state index contributed by atoms with van der Waals surface area (Å²) in [5, 5.41) is 10.3. The number of aliphatic hydroxyl groups is 1. The Morgan fingerprint density at radius 3 is 2.81 bits per heavy atom. The highest BCUT2D eigenvalue weighted by atomic mass is 16.3. The van der Waals surface area contributed by atoms with Crippen LogP contribution in [0.15, 0.2) is 36.8 Å². The van der Waals surface area contributed by atoms with E-state index in [-0.39, 0.29) is 6.04 Å². The molecule has 3 heteroatoms. The van der Waals surface area contributed by atoms with E-state index in [0.29, 0.717) is 0 Å². The first-order chi connectivity index (χ1) is 7.59. The van der Waals surface area contributed by atoms with Crippen molar-refractivity contribution in [3.8, 4) is 11.3 Å². The summed E-state index contributed by atoms with van der Waals surface area (Å²) in [5.74, 6) is 0. The van der Waals surface area contributed by atoms with E-state index < -0.39 is 5.60 Å². The lowest BCUT2D eigenvalue weighted by Gasteiger charge is -2.28. The quantitative estimate of drug-likeness (QED) is 0.790. The molecule has 1 aliphatic rings. The van der Waals surface area contributed by atoms with Crippen LogP contribution >= 0.6 is 0 Å². The van der Waals surface area contributed by atoms with Gasteiger partial charge in [0.05, 0.1) is 29.9 Å². The zero-order chi connectivity index (χ0) is 11.3. The molecule has 1 aliphatic heterocycles. The number of benzene rings is 1. The minimum atomic E-state index is -0.790. The van der Waals surface area contributed by atoms with E-state index >= 15 is 0 Å². The molecule has 0 amide bonds. The number of aromatic nitrogens is 2. The van der Waals surface area contributed by atoms with Crippen LogP contribution in [0.25, 0.3) is 11.3 Å². The third kappa shape index (κ3) is 1.15. The maximum absolute atomic E-state index is 10.3. The molecule has 1 aromatic heterocycles. The van der Waals surface area contributed by atoms with E-state index in [1.807, 2.05) is 36.7 Å². The predicted octanol–water partition coefficient (Wildman–Crippen LogP) is 2.22. The van der Waals surface area contributed by atoms with E-state index in [4.69, 9.17) is 0 Å². The van der Waals surface area contributed by atoms with Gasteiger partial charge in [-0.2, -0.15) is 0 Å². The van der Waals surface area contributed by atoms with Crippen molar-refractivity contribution in [2.24, 2.45) is 0 Å². The van der Waals surface area contributed by atoms with Crippen molar-refractivity contribution in [1.82, 2.24) is 9.55 Å². The minimum Gasteiger partial charge on any atom is -0.388 e. The van der Waals surface area contributed by atoms with E-state index in [9.17, 15) is 5.11 Å². The fraction of sp³-hybridized carbons (Fsp3) is 0.308. The molecule has 2 aromatic rings. The van der Waals surface area contributed by atoms with Crippen LogP contribution < -0.4 is 0 Å². The fourth-order valence-corrected chi connectivity index (χ4v) is 2.56. The zero-order valence-electron chi connectivity index (χ0n) is 9.38. The smallest absolute Gasteiger partial charge is 0.0957 e. The molecule has 0 spiro atoms. The van der Waals surface area contributed by atoms with Gasteiger partial charge in [-0.3, -0.25) is 0 Å². The molecular weight excluding hydrogens is 200 g/mol. The van der Waals surface area contributed by atoms with Gasteiger partial charge in [-0.05, 0) is 19.4 Å². The summed E-state index contributed by atoms with van der Waals surface area (Å²) in [6.07, 6.45) is 3.64. The van der Waals surface area contributed by atoms with Crippen LogP contribution in [0.3, 0.4) is 0 Å². The van der Waals surface area contributed by atoms with E-state index in [1.165, 1.54) is 11.1 Å². The molecule has 0 radical (unpaired) electrons. The van der Waals surface area contributed by atoms with Crippen LogP contribution in [0.5, 0.6) is 0 Å². The van der Waals surface area contributed by atoms with Crippen LogP contribution in [0.1, 0.15) is 25.5 Å². The molecule has 3 rings (SSSR count). The highest BCUT2D eigenvalue weighted by Crippen LogP contribution is 2.43. The van der Waals surface area contributed by atoms with Crippen molar-refractivity contribution in [2.45, 2.75) is 25.5 Å². The number of rotatable bonds is 1. The maximum atomic E-state index is 10.3. The normalized spacial score (nSPS) is 18.3. The van der Waals surface area contributed by atoms with Crippen molar-refractivity contribution in [3.63, 3.8) is 0 Å². The van der Waals surface area contributed by atoms with E-state index in [2.05, 4.69) is 17.1 Å². The van der Waals surface area contributed by atoms with Gasteiger partial charge in [0.2, 0.25) is 0 Å². The molecule has 1 aromatic carbocycles. The van der Waals surface area contributed by atoms with Crippen molar-refractivity contribution < 1.29 is 5.11 Å².